The zero-order valence-corrected chi connectivity index (χ0v) is 12.7. The number of furan rings is 1. The molecule has 0 radical (unpaired) electrons. The van der Waals surface area contributed by atoms with Gasteiger partial charge >= 0.3 is 0 Å². The van der Waals surface area contributed by atoms with E-state index in [1.807, 2.05) is 11.3 Å². The summed E-state index contributed by atoms with van der Waals surface area (Å²) < 4.78 is 5.95. The Bertz CT molecular complexity index is 530. The Morgan fingerprint density at radius 3 is 2.80 bits per heavy atom. The summed E-state index contributed by atoms with van der Waals surface area (Å²) in [5, 5.41) is 2.14. The number of hydrogen-bond donors (Lipinski definition) is 1. The van der Waals surface area contributed by atoms with E-state index in [1.165, 1.54) is 17.7 Å². The van der Waals surface area contributed by atoms with Gasteiger partial charge in [0.25, 0.3) is 0 Å². The third-order valence-electron chi connectivity index (χ3n) is 3.92. The standard InChI is InChI=1S/C16H22N2OS/c1-2-13-7-8-16(19-13)15(10-17)18(12-5-6-12)11-14-4-3-9-20-14/h3-4,7-9,12,15H,2,5-6,10-11,17H2,1H3. The van der Waals surface area contributed by atoms with Gasteiger partial charge in [-0.1, -0.05) is 13.0 Å². The molecule has 1 fully saturated rings. The van der Waals surface area contributed by atoms with Gasteiger partial charge in [0.1, 0.15) is 11.5 Å². The number of hydrogen-bond acceptors (Lipinski definition) is 4. The summed E-state index contributed by atoms with van der Waals surface area (Å²) in [6, 6.07) is 9.36. The molecule has 20 heavy (non-hydrogen) atoms. The molecule has 0 amide bonds. The molecule has 1 aliphatic carbocycles. The van der Waals surface area contributed by atoms with Gasteiger partial charge in [0.2, 0.25) is 0 Å². The average molecular weight is 290 g/mol. The predicted molar refractivity (Wildman–Crippen MR) is 82.8 cm³/mol. The maximum absolute atomic E-state index is 6.05. The summed E-state index contributed by atoms with van der Waals surface area (Å²) >= 11 is 1.82. The van der Waals surface area contributed by atoms with Crippen molar-refractivity contribution >= 4 is 11.3 Å². The Balaban J connectivity index is 1.80. The molecule has 3 rings (SSSR count). The van der Waals surface area contributed by atoms with Gasteiger partial charge in [0, 0.05) is 30.4 Å². The fourth-order valence-electron chi connectivity index (χ4n) is 2.66. The third kappa shape index (κ3) is 2.97. The third-order valence-corrected chi connectivity index (χ3v) is 4.78. The van der Waals surface area contributed by atoms with Crippen LogP contribution in [0.4, 0.5) is 0 Å². The van der Waals surface area contributed by atoms with Crippen LogP contribution >= 0.6 is 11.3 Å². The SMILES string of the molecule is CCc1ccc(C(CN)N(Cc2cccs2)C2CC2)o1. The molecular formula is C16H22N2OS. The molecule has 0 saturated heterocycles. The van der Waals surface area contributed by atoms with Gasteiger partial charge in [-0.3, -0.25) is 4.90 Å². The smallest absolute Gasteiger partial charge is 0.122 e. The first-order valence-corrected chi connectivity index (χ1v) is 8.26. The van der Waals surface area contributed by atoms with Crippen molar-refractivity contribution in [3.63, 3.8) is 0 Å². The van der Waals surface area contributed by atoms with Crippen LogP contribution in [0, 0.1) is 0 Å². The summed E-state index contributed by atoms with van der Waals surface area (Å²) in [7, 11) is 0. The van der Waals surface area contributed by atoms with E-state index in [9.17, 15) is 0 Å². The minimum absolute atomic E-state index is 0.199. The van der Waals surface area contributed by atoms with E-state index in [1.54, 1.807) is 0 Å². The van der Waals surface area contributed by atoms with Gasteiger partial charge in [-0.25, -0.2) is 0 Å². The monoisotopic (exact) mass is 290 g/mol. The van der Waals surface area contributed by atoms with Crippen molar-refractivity contribution in [2.24, 2.45) is 5.73 Å². The van der Waals surface area contributed by atoms with Crippen LogP contribution < -0.4 is 5.73 Å². The van der Waals surface area contributed by atoms with Gasteiger partial charge in [-0.05, 0) is 36.4 Å². The van der Waals surface area contributed by atoms with Crippen LogP contribution in [0.1, 0.15) is 42.2 Å². The number of rotatable bonds is 7. The van der Waals surface area contributed by atoms with E-state index in [-0.39, 0.29) is 6.04 Å². The highest BCUT2D eigenvalue weighted by molar-refractivity contribution is 7.09. The first-order valence-electron chi connectivity index (χ1n) is 7.38. The molecule has 1 aliphatic rings. The average Bonchev–Trinajstić information content (AvgIpc) is 2.99. The molecule has 0 bridgehead atoms. The van der Waals surface area contributed by atoms with Crippen LogP contribution in [0.3, 0.4) is 0 Å². The molecule has 0 aliphatic heterocycles. The first-order chi connectivity index (χ1) is 9.81. The van der Waals surface area contributed by atoms with Crippen molar-refractivity contribution in [1.82, 2.24) is 4.90 Å². The van der Waals surface area contributed by atoms with Crippen LogP contribution in [0.5, 0.6) is 0 Å². The van der Waals surface area contributed by atoms with Gasteiger partial charge in [-0.2, -0.15) is 0 Å². The lowest BCUT2D eigenvalue weighted by molar-refractivity contribution is 0.161. The molecular weight excluding hydrogens is 268 g/mol. The van der Waals surface area contributed by atoms with Crippen molar-refractivity contribution in [3.8, 4) is 0 Å². The molecule has 2 N–H and O–H groups in total. The number of nitrogens with two attached hydrogens (primary N) is 1. The largest absolute Gasteiger partial charge is 0.464 e. The maximum atomic E-state index is 6.05. The van der Waals surface area contributed by atoms with Gasteiger partial charge in [0.15, 0.2) is 0 Å². The quantitative estimate of drug-likeness (QED) is 0.847. The van der Waals surface area contributed by atoms with Crippen LogP contribution in [-0.2, 0) is 13.0 Å². The van der Waals surface area contributed by atoms with Gasteiger partial charge in [-0.15, -0.1) is 11.3 Å². The summed E-state index contributed by atoms with van der Waals surface area (Å²) in [5.74, 6) is 2.07. The Hall–Kier alpha value is -1.10. The van der Waals surface area contributed by atoms with Crippen molar-refractivity contribution in [1.29, 1.82) is 0 Å². The summed E-state index contributed by atoms with van der Waals surface area (Å²) in [6.07, 6.45) is 3.50. The Morgan fingerprint density at radius 2 is 2.25 bits per heavy atom. The second kappa shape index (κ2) is 6.12. The lowest BCUT2D eigenvalue weighted by atomic mass is 10.1. The van der Waals surface area contributed by atoms with Gasteiger partial charge < -0.3 is 10.2 Å². The van der Waals surface area contributed by atoms with Crippen molar-refractivity contribution in [3.05, 3.63) is 46.0 Å². The van der Waals surface area contributed by atoms with E-state index in [0.29, 0.717) is 12.6 Å². The number of thiophene rings is 1. The Labute approximate surface area is 124 Å². The minimum atomic E-state index is 0.199. The molecule has 108 valence electrons. The van der Waals surface area contributed by atoms with Crippen LogP contribution in [0.25, 0.3) is 0 Å². The van der Waals surface area contributed by atoms with Gasteiger partial charge in [0.05, 0.1) is 6.04 Å². The Kier molecular flexibility index (Phi) is 4.24. The first kappa shape index (κ1) is 13.9. The number of nitrogens with zero attached hydrogens (tertiary/aromatic N) is 1. The molecule has 1 unspecified atom stereocenters. The van der Waals surface area contributed by atoms with E-state index < -0.39 is 0 Å². The normalized spacial score (nSPS) is 16.8. The molecule has 3 nitrogen and oxygen atoms in total. The highest BCUT2D eigenvalue weighted by atomic mass is 32.1. The van der Waals surface area contributed by atoms with Crippen molar-refractivity contribution in [2.75, 3.05) is 6.54 Å². The van der Waals surface area contributed by atoms with E-state index in [4.69, 9.17) is 10.2 Å². The molecule has 1 saturated carbocycles. The lowest BCUT2D eigenvalue weighted by Crippen LogP contribution is -2.34. The second-order valence-electron chi connectivity index (χ2n) is 5.39. The zero-order chi connectivity index (χ0) is 13.9. The minimum Gasteiger partial charge on any atom is -0.464 e. The molecule has 2 aromatic heterocycles. The Morgan fingerprint density at radius 1 is 1.40 bits per heavy atom. The fraction of sp³-hybridized carbons (Fsp3) is 0.500. The fourth-order valence-corrected chi connectivity index (χ4v) is 3.37. The zero-order valence-electron chi connectivity index (χ0n) is 11.9. The van der Waals surface area contributed by atoms with E-state index >= 15 is 0 Å². The molecule has 0 spiro atoms. The number of aryl methyl sites for hydroxylation is 1. The lowest BCUT2D eigenvalue weighted by Gasteiger charge is -2.29. The highest BCUT2D eigenvalue weighted by Gasteiger charge is 2.35. The summed E-state index contributed by atoms with van der Waals surface area (Å²) in [5.41, 5.74) is 6.05. The van der Waals surface area contributed by atoms with Crippen LogP contribution in [-0.4, -0.2) is 17.5 Å². The topological polar surface area (TPSA) is 42.4 Å². The summed E-state index contributed by atoms with van der Waals surface area (Å²) in [4.78, 5) is 3.92. The molecule has 1 atom stereocenters. The van der Waals surface area contributed by atoms with E-state index in [2.05, 4.69) is 41.5 Å². The highest BCUT2D eigenvalue weighted by Crippen LogP contribution is 2.36. The maximum Gasteiger partial charge on any atom is 0.122 e. The van der Waals surface area contributed by atoms with Crippen molar-refractivity contribution in [2.45, 2.75) is 44.8 Å². The molecule has 4 heteroatoms. The van der Waals surface area contributed by atoms with Crippen LogP contribution in [0.2, 0.25) is 0 Å². The molecule has 2 heterocycles. The predicted octanol–water partition coefficient (Wildman–Crippen LogP) is 3.57. The van der Waals surface area contributed by atoms with Crippen LogP contribution in [0.15, 0.2) is 34.1 Å². The van der Waals surface area contributed by atoms with Crippen molar-refractivity contribution < 1.29 is 4.42 Å². The second-order valence-corrected chi connectivity index (χ2v) is 6.42. The molecule has 0 aromatic carbocycles. The van der Waals surface area contributed by atoms with E-state index in [0.717, 1.165) is 24.5 Å². The molecule has 2 aromatic rings. The summed E-state index contributed by atoms with van der Waals surface area (Å²) in [6.45, 7) is 3.70.